The summed E-state index contributed by atoms with van der Waals surface area (Å²) in [7, 11) is 1.84. The van der Waals surface area contributed by atoms with Gasteiger partial charge in [0.15, 0.2) is 5.13 Å². The van der Waals surface area contributed by atoms with E-state index in [2.05, 4.69) is 10.3 Å². The first-order valence-electron chi connectivity index (χ1n) is 6.71. The first kappa shape index (κ1) is 15.5. The van der Waals surface area contributed by atoms with Gasteiger partial charge >= 0.3 is 5.97 Å². The van der Waals surface area contributed by atoms with E-state index in [9.17, 15) is 4.79 Å². The van der Waals surface area contributed by atoms with Gasteiger partial charge in [0.1, 0.15) is 0 Å². The fourth-order valence-corrected chi connectivity index (χ4v) is 2.79. The number of hydrogen-bond acceptors (Lipinski definition) is 5. The Kier molecular flexibility index (Phi) is 5.30. The monoisotopic (exact) mass is 306 g/mol. The summed E-state index contributed by atoms with van der Waals surface area (Å²) in [5.74, 6) is -0.862. The van der Waals surface area contributed by atoms with Gasteiger partial charge in [-0.25, -0.2) is 4.98 Å². The van der Waals surface area contributed by atoms with Crippen molar-refractivity contribution >= 4 is 22.4 Å². The van der Waals surface area contributed by atoms with Crippen LogP contribution < -0.4 is 5.32 Å². The van der Waals surface area contributed by atoms with Crippen LogP contribution in [0.4, 0.5) is 5.13 Å². The lowest BCUT2D eigenvalue weighted by molar-refractivity contribution is -0.140. The summed E-state index contributed by atoms with van der Waals surface area (Å²) in [6.07, 6.45) is 1.39. The number of carboxylic acids is 1. The third-order valence-electron chi connectivity index (χ3n) is 3.01. The van der Waals surface area contributed by atoms with E-state index in [0.29, 0.717) is 6.61 Å². The Morgan fingerprint density at radius 2 is 2.14 bits per heavy atom. The molecule has 0 aliphatic carbocycles. The lowest BCUT2D eigenvalue weighted by Gasteiger charge is -2.15. The van der Waals surface area contributed by atoms with Crippen LogP contribution in [0.5, 0.6) is 0 Å². The van der Waals surface area contributed by atoms with E-state index < -0.39 is 12.1 Å². The molecule has 0 saturated heterocycles. The number of nitrogens with zero attached hydrogens (tertiary/aromatic N) is 1. The third kappa shape index (κ3) is 4.03. The van der Waals surface area contributed by atoms with Crippen LogP contribution in [0.25, 0.3) is 10.4 Å². The van der Waals surface area contributed by atoms with Gasteiger partial charge in [-0.15, -0.1) is 0 Å². The minimum Gasteiger partial charge on any atom is -0.481 e. The molecule has 1 heterocycles. The molecule has 1 aromatic carbocycles. The summed E-state index contributed by atoms with van der Waals surface area (Å²) >= 11 is 1.57. The van der Waals surface area contributed by atoms with Crippen LogP contribution in [0.3, 0.4) is 0 Å². The highest BCUT2D eigenvalue weighted by molar-refractivity contribution is 7.18. The molecular weight excluding hydrogens is 288 g/mol. The van der Waals surface area contributed by atoms with Crippen LogP contribution in [0, 0.1) is 0 Å². The zero-order valence-electron chi connectivity index (χ0n) is 12.0. The molecular formula is C15H18N2O3S. The highest BCUT2D eigenvalue weighted by atomic mass is 32.1. The molecule has 0 amide bonds. The van der Waals surface area contributed by atoms with E-state index in [1.807, 2.05) is 44.4 Å². The second-order valence-corrected chi connectivity index (χ2v) is 5.47. The van der Waals surface area contributed by atoms with Crippen molar-refractivity contribution in [1.82, 2.24) is 4.98 Å². The summed E-state index contributed by atoms with van der Waals surface area (Å²) in [5, 5.41) is 12.8. The summed E-state index contributed by atoms with van der Waals surface area (Å²) in [4.78, 5) is 16.2. The van der Waals surface area contributed by atoms with Crippen molar-refractivity contribution in [1.29, 1.82) is 0 Å². The van der Waals surface area contributed by atoms with Crippen LogP contribution in [0.2, 0.25) is 0 Å². The number of aromatic nitrogens is 1. The molecule has 2 N–H and O–H groups in total. The molecule has 5 nitrogen and oxygen atoms in total. The molecule has 2 aromatic rings. The average molecular weight is 306 g/mol. The van der Waals surface area contributed by atoms with Crippen molar-refractivity contribution in [3.8, 4) is 10.4 Å². The van der Waals surface area contributed by atoms with E-state index >= 15 is 0 Å². The molecule has 0 aliphatic rings. The van der Waals surface area contributed by atoms with Crippen LogP contribution in [-0.2, 0) is 9.53 Å². The predicted molar refractivity (Wildman–Crippen MR) is 83.7 cm³/mol. The highest BCUT2D eigenvalue weighted by Gasteiger charge is 2.16. The molecule has 0 saturated carbocycles. The van der Waals surface area contributed by atoms with Crippen molar-refractivity contribution in [3.63, 3.8) is 0 Å². The maximum absolute atomic E-state index is 10.9. The van der Waals surface area contributed by atoms with Crippen molar-refractivity contribution in [2.45, 2.75) is 19.4 Å². The van der Waals surface area contributed by atoms with Gasteiger partial charge in [0.05, 0.1) is 17.4 Å². The number of ether oxygens (including phenoxy) is 1. The number of thiazole rings is 1. The quantitative estimate of drug-likeness (QED) is 0.820. The van der Waals surface area contributed by atoms with E-state index in [4.69, 9.17) is 9.84 Å². The third-order valence-corrected chi connectivity index (χ3v) is 4.08. The SMILES string of the molecule is CCOC(CC(=O)O)c1ccc(-c2cnc(NC)s2)cc1. The molecule has 1 aromatic heterocycles. The Hall–Kier alpha value is -1.92. The maximum Gasteiger partial charge on any atom is 0.306 e. The van der Waals surface area contributed by atoms with Crippen LogP contribution in [0.15, 0.2) is 30.5 Å². The Morgan fingerprint density at radius 3 is 2.67 bits per heavy atom. The number of anilines is 1. The Balaban J connectivity index is 2.18. The normalized spacial score (nSPS) is 12.1. The minimum atomic E-state index is -0.862. The number of carboxylic acid groups (broad SMARTS) is 1. The second-order valence-electron chi connectivity index (χ2n) is 4.44. The van der Waals surface area contributed by atoms with Crippen molar-refractivity contribution in [2.24, 2.45) is 0 Å². The van der Waals surface area contributed by atoms with E-state index in [0.717, 1.165) is 21.1 Å². The maximum atomic E-state index is 10.9. The van der Waals surface area contributed by atoms with Crippen molar-refractivity contribution in [2.75, 3.05) is 19.0 Å². The summed E-state index contributed by atoms with van der Waals surface area (Å²) in [5.41, 5.74) is 1.93. The summed E-state index contributed by atoms with van der Waals surface area (Å²) in [6, 6.07) is 7.76. The highest BCUT2D eigenvalue weighted by Crippen LogP contribution is 2.30. The van der Waals surface area contributed by atoms with Gasteiger partial charge < -0.3 is 15.2 Å². The Labute approximate surface area is 127 Å². The standard InChI is InChI=1S/C15H18N2O3S/c1-3-20-12(8-14(18)19)10-4-6-11(7-5-10)13-9-17-15(16-2)21-13/h4-7,9,12H,3,8H2,1-2H3,(H,16,17)(H,18,19). The lowest BCUT2D eigenvalue weighted by atomic mass is 10.0. The molecule has 21 heavy (non-hydrogen) atoms. The minimum absolute atomic E-state index is 0.0301. The predicted octanol–water partition coefficient (Wildman–Crippen LogP) is 3.40. The first-order chi connectivity index (χ1) is 10.1. The molecule has 0 aliphatic heterocycles. The van der Waals surface area contributed by atoms with Gasteiger partial charge in [0.2, 0.25) is 0 Å². The van der Waals surface area contributed by atoms with E-state index in [1.165, 1.54) is 0 Å². The number of nitrogens with one attached hydrogen (secondary N) is 1. The topological polar surface area (TPSA) is 71.5 Å². The second kappa shape index (κ2) is 7.19. The first-order valence-corrected chi connectivity index (χ1v) is 7.53. The fourth-order valence-electron chi connectivity index (χ4n) is 2.02. The largest absolute Gasteiger partial charge is 0.481 e. The number of aliphatic carboxylic acids is 1. The van der Waals surface area contributed by atoms with Gasteiger partial charge in [0, 0.05) is 19.9 Å². The van der Waals surface area contributed by atoms with Gasteiger partial charge in [0.25, 0.3) is 0 Å². The van der Waals surface area contributed by atoms with Gasteiger partial charge in [-0.05, 0) is 18.1 Å². The summed E-state index contributed by atoms with van der Waals surface area (Å²) < 4.78 is 5.51. The zero-order valence-corrected chi connectivity index (χ0v) is 12.8. The zero-order chi connectivity index (χ0) is 15.2. The molecule has 1 atom stereocenters. The number of hydrogen-bond donors (Lipinski definition) is 2. The fraction of sp³-hybridized carbons (Fsp3) is 0.333. The molecule has 6 heteroatoms. The van der Waals surface area contributed by atoms with Gasteiger partial charge in [-0.2, -0.15) is 0 Å². The molecule has 0 fully saturated rings. The molecule has 2 rings (SSSR count). The number of benzene rings is 1. The number of carbonyl (C=O) groups is 1. The van der Waals surface area contributed by atoms with Crippen molar-refractivity contribution in [3.05, 3.63) is 36.0 Å². The van der Waals surface area contributed by atoms with Crippen LogP contribution >= 0.6 is 11.3 Å². The summed E-state index contributed by atoms with van der Waals surface area (Å²) in [6.45, 7) is 2.35. The average Bonchev–Trinajstić information content (AvgIpc) is 2.95. The van der Waals surface area contributed by atoms with Crippen LogP contribution in [0.1, 0.15) is 25.0 Å². The smallest absolute Gasteiger partial charge is 0.306 e. The molecule has 0 bridgehead atoms. The number of rotatable bonds is 7. The van der Waals surface area contributed by atoms with Crippen molar-refractivity contribution < 1.29 is 14.6 Å². The Bertz CT molecular complexity index is 595. The van der Waals surface area contributed by atoms with E-state index in [1.54, 1.807) is 11.3 Å². The lowest BCUT2D eigenvalue weighted by Crippen LogP contribution is -2.10. The van der Waals surface area contributed by atoms with Gasteiger partial charge in [-0.3, -0.25) is 4.79 Å². The molecule has 112 valence electrons. The molecule has 0 radical (unpaired) electrons. The van der Waals surface area contributed by atoms with Crippen LogP contribution in [-0.4, -0.2) is 29.7 Å². The molecule has 1 unspecified atom stereocenters. The molecule has 0 spiro atoms. The Morgan fingerprint density at radius 1 is 1.43 bits per heavy atom. The van der Waals surface area contributed by atoms with Gasteiger partial charge in [-0.1, -0.05) is 35.6 Å². The van der Waals surface area contributed by atoms with E-state index in [-0.39, 0.29) is 6.42 Å².